The van der Waals surface area contributed by atoms with E-state index in [-0.39, 0.29) is 0 Å². The molecule has 1 aromatic heterocycles. The van der Waals surface area contributed by atoms with Crippen molar-refractivity contribution in [2.24, 2.45) is 5.92 Å². The van der Waals surface area contributed by atoms with Crippen molar-refractivity contribution in [2.45, 2.75) is 18.2 Å². The second-order valence-electron chi connectivity index (χ2n) is 4.46. The van der Waals surface area contributed by atoms with E-state index in [0.717, 1.165) is 17.0 Å². The second-order valence-corrected chi connectivity index (χ2v) is 5.85. The summed E-state index contributed by atoms with van der Waals surface area (Å²) in [5, 5.41) is 0.747. The molecule has 1 aromatic carbocycles. The molecular formula is C15H15BrClN. The van der Waals surface area contributed by atoms with Gasteiger partial charge in [0, 0.05) is 17.2 Å². The molecule has 0 N–H and O–H groups in total. The first kappa shape index (κ1) is 13.6. The molecule has 1 heterocycles. The van der Waals surface area contributed by atoms with E-state index >= 15 is 0 Å². The standard InChI is InChI=1S/C15H15BrClN/c1-11(9-13-7-8-18-10-14(13)17)15(16)12-5-3-2-4-6-12/h2-8,10-11,15H,9H2,1H3. The molecule has 18 heavy (non-hydrogen) atoms. The fraction of sp³-hybridized carbons (Fsp3) is 0.267. The highest BCUT2D eigenvalue weighted by Gasteiger charge is 2.17. The van der Waals surface area contributed by atoms with Crippen LogP contribution in [0.25, 0.3) is 0 Å². The van der Waals surface area contributed by atoms with Crippen molar-refractivity contribution in [3.8, 4) is 0 Å². The number of rotatable bonds is 4. The van der Waals surface area contributed by atoms with Gasteiger partial charge in [0.2, 0.25) is 0 Å². The number of pyridine rings is 1. The largest absolute Gasteiger partial charge is 0.263 e. The molecule has 2 aromatic rings. The fourth-order valence-electron chi connectivity index (χ4n) is 1.99. The lowest BCUT2D eigenvalue weighted by atomic mass is 9.94. The minimum absolute atomic E-state index is 0.336. The molecule has 3 heteroatoms. The van der Waals surface area contributed by atoms with E-state index in [0.29, 0.717) is 10.7 Å². The van der Waals surface area contributed by atoms with Crippen LogP contribution in [0.2, 0.25) is 5.02 Å². The fourth-order valence-corrected chi connectivity index (χ4v) is 2.67. The number of nitrogens with zero attached hydrogens (tertiary/aromatic N) is 1. The molecule has 0 aliphatic heterocycles. The van der Waals surface area contributed by atoms with E-state index in [1.165, 1.54) is 5.56 Å². The second kappa shape index (κ2) is 6.35. The Morgan fingerprint density at radius 3 is 2.61 bits per heavy atom. The molecule has 0 amide bonds. The molecule has 0 bridgehead atoms. The summed E-state index contributed by atoms with van der Waals surface area (Å²) in [6.07, 6.45) is 4.43. The Bertz CT molecular complexity index is 501. The number of hydrogen-bond acceptors (Lipinski definition) is 1. The van der Waals surface area contributed by atoms with Crippen LogP contribution in [0.5, 0.6) is 0 Å². The van der Waals surface area contributed by atoms with Crippen molar-refractivity contribution in [3.63, 3.8) is 0 Å². The normalized spacial score (nSPS) is 14.2. The van der Waals surface area contributed by atoms with Gasteiger partial charge in [-0.2, -0.15) is 0 Å². The third-order valence-electron chi connectivity index (χ3n) is 3.02. The molecule has 0 radical (unpaired) electrons. The average molecular weight is 325 g/mol. The van der Waals surface area contributed by atoms with Crippen molar-refractivity contribution in [3.05, 3.63) is 64.9 Å². The van der Waals surface area contributed by atoms with Gasteiger partial charge in [-0.15, -0.1) is 0 Å². The minimum Gasteiger partial charge on any atom is -0.263 e. The highest BCUT2D eigenvalue weighted by atomic mass is 79.9. The van der Waals surface area contributed by atoms with Crippen LogP contribution in [-0.2, 0) is 6.42 Å². The first-order valence-corrected chi connectivity index (χ1v) is 7.25. The van der Waals surface area contributed by atoms with Gasteiger partial charge in [0.1, 0.15) is 0 Å². The number of alkyl halides is 1. The summed E-state index contributed by atoms with van der Waals surface area (Å²) in [5.41, 5.74) is 2.45. The summed E-state index contributed by atoms with van der Waals surface area (Å²) in [6.45, 7) is 2.23. The van der Waals surface area contributed by atoms with Crippen LogP contribution in [-0.4, -0.2) is 4.98 Å². The minimum atomic E-state index is 0.336. The van der Waals surface area contributed by atoms with E-state index < -0.39 is 0 Å². The number of aromatic nitrogens is 1. The van der Waals surface area contributed by atoms with Crippen LogP contribution in [0.15, 0.2) is 48.8 Å². The molecule has 2 unspecified atom stereocenters. The Morgan fingerprint density at radius 2 is 1.94 bits per heavy atom. The summed E-state index contributed by atoms with van der Waals surface area (Å²) < 4.78 is 0. The Morgan fingerprint density at radius 1 is 1.22 bits per heavy atom. The van der Waals surface area contributed by atoms with E-state index in [4.69, 9.17) is 11.6 Å². The van der Waals surface area contributed by atoms with Crippen molar-refractivity contribution in [1.82, 2.24) is 4.98 Å². The maximum absolute atomic E-state index is 6.14. The van der Waals surface area contributed by atoms with Crippen LogP contribution in [0.1, 0.15) is 22.9 Å². The van der Waals surface area contributed by atoms with Gasteiger partial charge in [-0.1, -0.05) is 64.8 Å². The quantitative estimate of drug-likeness (QED) is 0.717. The van der Waals surface area contributed by atoms with E-state index in [9.17, 15) is 0 Å². The van der Waals surface area contributed by atoms with Crippen LogP contribution in [0.4, 0.5) is 0 Å². The predicted molar refractivity (Wildman–Crippen MR) is 80.2 cm³/mol. The van der Waals surface area contributed by atoms with Gasteiger partial charge in [-0.05, 0) is 29.5 Å². The first-order valence-electron chi connectivity index (χ1n) is 5.96. The molecule has 0 spiro atoms. The summed E-state index contributed by atoms with van der Waals surface area (Å²) in [4.78, 5) is 4.35. The first-order chi connectivity index (χ1) is 8.68. The predicted octanol–water partition coefficient (Wildman–Crippen LogP) is 5.05. The maximum Gasteiger partial charge on any atom is 0.0621 e. The van der Waals surface area contributed by atoms with Gasteiger partial charge in [0.25, 0.3) is 0 Å². The van der Waals surface area contributed by atoms with Gasteiger partial charge < -0.3 is 0 Å². The molecular weight excluding hydrogens is 310 g/mol. The average Bonchev–Trinajstić information content (AvgIpc) is 2.41. The van der Waals surface area contributed by atoms with Gasteiger partial charge in [0.15, 0.2) is 0 Å². The lowest BCUT2D eigenvalue weighted by Crippen LogP contribution is -2.07. The van der Waals surface area contributed by atoms with Gasteiger partial charge in [-0.25, -0.2) is 0 Å². The highest BCUT2D eigenvalue weighted by molar-refractivity contribution is 9.09. The van der Waals surface area contributed by atoms with Crippen molar-refractivity contribution < 1.29 is 0 Å². The molecule has 0 saturated heterocycles. The molecule has 0 saturated carbocycles. The Labute approximate surface area is 121 Å². The third kappa shape index (κ3) is 3.33. The number of halogens is 2. The summed E-state index contributed by atoms with van der Waals surface area (Å²) in [6, 6.07) is 12.4. The van der Waals surface area contributed by atoms with Gasteiger partial charge >= 0.3 is 0 Å². The van der Waals surface area contributed by atoms with E-state index in [2.05, 4.69) is 52.1 Å². The van der Waals surface area contributed by atoms with Gasteiger partial charge in [-0.3, -0.25) is 4.98 Å². The van der Waals surface area contributed by atoms with Crippen molar-refractivity contribution >= 4 is 27.5 Å². The van der Waals surface area contributed by atoms with Gasteiger partial charge in [0.05, 0.1) is 5.02 Å². The van der Waals surface area contributed by atoms with Crippen LogP contribution < -0.4 is 0 Å². The highest BCUT2D eigenvalue weighted by Crippen LogP contribution is 2.33. The lowest BCUT2D eigenvalue weighted by Gasteiger charge is -2.19. The summed E-state index contributed by atoms with van der Waals surface area (Å²) in [5.74, 6) is 0.465. The maximum atomic E-state index is 6.14. The number of hydrogen-bond donors (Lipinski definition) is 0. The molecule has 0 aliphatic rings. The smallest absolute Gasteiger partial charge is 0.0621 e. The molecule has 2 atom stereocenters. The zero-order valence-electron chi connectivity index (χ0n) is 10.2. The van der Waals surface area contributed by atoms with Crippen LogP contribution in [0.3, 0.4) is 0 Å². The summed E-state index contributed by atoms with van der Waals surface area (Å²) in [7, 11) is 0. The Hall–Kier alpha value is -0.860. The molecule has 0 aliphatic carbocycles. The van der Waals surface area contributed by atoms with E-state index in [1.54, 1.807) is 12.4 Å². The lowest BCUT2D eigenvalue weighted by molar-refractivity contribution is 0.572. The molecule has 2 rings (SSSR count). The molecule has 1 nitrogen and oxygen atoms in total. The SMILES string of the molecule is CC(Cc1ccncc1Cl)C(Br)c1ccccc1. The molecule has 94 valence electrons. The topological polar surface area (TPSA) is 12.9 Å². The van der Waals surface area contributed by atoms with Crippen molar-refractivity contribution in [2.75, 3.05) is 0 Å². The van der Waals surface area contributed by atoms with E-state index in [1.807, 2.05) is 12.1 Å². The van der Waals surface area contributed by atoms with Crippen LogP contribution in [0, 0.1) is 5.92 Å². The zero-order valence-corrected chi connectivity index (χ0v) is 12.5. The Kier molecular flexibility index (Phi) is 4.79. The zero-order chi connectivity index (χ0) is 13.0. The van der Waals surface area contributed by atoms with Crippen molar-refractivity contribution in [1.29, 1.82) is 0 Å². The number of benzene rings is 1. The summed E-state index contributed by atoms with van der Waals surface area (Å²) >= 11 is 9.92. The molecule has 0 fully saturated rings. The Balaban J connectivity index is 2.09. The monoisotopic (exact) mass is 323 g/mol. The van der Waals surface area contributed by atoms with Crippen LogP contribution >= 0.6 is 27.5 Å². The third-order valence-corrected chi connectivity index (χ3v) is 4.79.